The van der Waals surface area contributed by atoms with E-state index in [1.807, 2.05) is 0 Å². The fourth-order valence-corrected chi connectivity index (χ4v) is 2.09. The highest BCUT2D eigenvalue weighted by molar-refractivity contribution is 6.30. The van der Waals surface area contributed by atoms with Crippen LogP contribution < -0.4 is 10.1 Å². The predicted octanol–water partition coefficient (Wildman–Crippen LogP) is 1.68. The van der Waals surface area contributed by atoms with Crippen LogP contribution in [0.1, 0.15) is 6.42 Å². The molecule has 1 amide bonds. The van der Waals surface area contributed by atoms with E-state index in [4.69, 9.17) is 16.3 Å². The van der Waals surface area contributed by atoms with Crippen LogP contribution in [0.25, 0.3) is 0 Å². The molecule has 1 aliphatic heterocycles. The second-order valence-corrected chi connectivity index (χ2v) is 4.73. The minimum absolute atomic E-state index is 0.00815. The van der Waals surface area contributed by atoms with Crippen molar-refractivity contribution < 1.29 is 13.9 Å². The van der Waals surface area contributed by atoms with E-state index >= 15 is 0 Å². The number of rotatable bonds is 3. The zero-order valence-corrected chi connectivity index (χ0v) is 11.3. The summed E-state index contributed by atoms with van der Waals surface area (Å²) in [7, 11) is 0. The van der Waals surface area contributed by atoms with Crippen LogP contribution in [0.2, 0.25) is 5.02 Å². The van der Waals surface area contributed by atoms with E-state index in [9.17, 15) is 9.18 Å². The standard InChI is InChI=1S/C13H16ClFN2O2/c14-10-3-1-4-11(13(10)15)19-9-12(18)17-7-2-5-16-6-8-17/h1,3-4,16H,2,5-9H2. The van der Waals surface area contributed by atoms with Crippen LogP contribution in [0.3, 0.4) is 0 Å². The Morgan fingerprint density at radius 1 is 1.42 bits per heavy atom. The van der Waals surface area contributed by atoms with Gasteiger partial charge in [-0.05, 0) is 25.1 Å². The maximum absolute atomic E-state index is 13.6. The number of amides is 1. The normalized spacial score (nSPS) is 16.0. The average Bonchev–Trinajstić information content (AvgIpc) is 2.69. The van der Waals surface area contributed by atoms with Gasteiger partial charge in [0.1, 0.15) is 0 Å². The third-order valence-electron chi connectivity index (χ3n) is 2.96. The molecule has 1 aromatic rings. The van der Waals surface area contributed by atoms with Crippen LogP contribution in [-0.2, 0) is 4.79 Å². The van der Waals surface area contributed by atoms with Crippen LogP contribution in [0.4, 0.5) is 4.39 Å². The van der Waals surface area contributed by atoms with Gasteiger partial charge in [-0.3, -0.25) is 4.79 Å². The molecular weight excluding hydrogens is 271 g/mol. The number of hydrogen-bond donors (Lipinski definition) is 1. The van der Waals surface area contributed by atoms with Crippen LogP contribution >= 0.6 is 11.6 Å². The first kappa shape index (κ1) is 14.1. The van der Waals surface area contributed by atoms with Crippen LogP contribution in [-0.4, -0.2) is 43.6 Å². The van der Waals surface area contributed by atoms with Crippen LogP contribution in [0.15, 0.2) is 18.2 Å². The van der Waals surface area contributed by atoms with Crippen molar-refractivity contribution in [3.63, 3.8) is 0 Å². The van der Waals surface area contributed by atoms with E-state index in [0.29, 0.717) is 13.1 Å². The zero-order valence-electron chi connectivity index (χ0n) is 10.5. The van der Waals surface area contributed by atoms with E-state index < -0.39 is 5.82 Å². The topological polar surface area (TPSA) is 41.6 Å². The molecule has 104 valence electrons. The maximum atomic E-state index is 13.6. The van der Waals surface area contributed by atoms with Gasteiger partial charge in [0, 0.05) is 19.6 Å². The molecule has 0 bridgehead atoms. The lowest BCUT2D eigenvalue weighted by Crippen LogP contribution is -2.37. The molecule has 0 unspecified atom stereocenters. The van der Waals surface area contributed by atoms with E-state index in [2.05, 4.69) is 5.32 Å². The Morgan fingerprint density at radius 2 is 2.26 bits per heavy atom. The second kappa shape index (κ2) is 6.73. The highest BCUT2D eigenvalue weighted by atomic mass is 35.5. The minimum Gasteiger partial charge on any atom is -0.481 e. The summed E-state index contributed by atoms with van der Waals surface area (Å²) < 4.78 is 18.8. The molecule has 1 aromatic carbocycles. The number of hydrogen-bond acceptors (Lipinski definition) is 3. The summed E-state index contributed by atoms with van der Waals surface area (Å²) in [6.45, 7) is 2.87. The molecule has 0 aliphatic carbocycles. The third-order valence-corrected chi connectivity index (χ3v) is 3.25. The molecule has 0 spiro atoms. The van der Waals surface area contributed by atoms with Gasteiger partial charge in [-0.1, -0.05) is 17.7 Å². The number of nitrogens with one attached hydrogen (secondary N) is 1. The molecule has 0 saturated carbocycles. The van der Waals surface area contributed by atoms with Crippen molar-refractivity contribution in [3.8, 4) is 5.75 Å². The lowest BCUT2D eigenvalue weighted by Gasteiger charge is -2.20. The maximum Gasteiger partial charge on any atom is 0.260 e. The van der Waals surface area contributed by atoms with Gasteiger partial charge >= 0.3 is 0 Å². The number of carbonyl (C=O) groups excluding carboxylic acids is 1. The summed E-state index contributed by atoms with van der Waals surface area (Å²) in [5, 5.41) is 3.20. The van der Waals surface area contributed by atoms with Gasteiger partial charge < -0.3 is 15.0 Å². The zero-order chi connectivity index (χ0) is 13.7. The summed E-state index contributed by atoms with van der Waals surface area (Å²) in [6.07, 6.45) is 0.914. The number of carbonyl (C=O) groups is 1. The molecule has 1 saturated heterocycles. The first-order valence-electron chi connectivity index (χ1n) is 6.24. The summed E-state index contributed by atoms with van der Waals surface area (Å²) in [5.41, 5.74) is 0. The smallest absolute Gasteiger partial charge is 0.260 e. The Hall–Kier alpha value is -1.33. The van der Waals surface area contributed by atoms with Crippen molar-refractivity contribution in [3.05, 3.63) is 29.0 Å². The lowest BCUT2D eigenvalue weighted by molar-refractivity contribution is -0.133. The highest BCUT2D eigenvalue weighted by Gasteiger charge is 2.16. The largest absolute Gasteiger partial charge is 0.481 e. The molecule has 1 heterocycles. The van der Waals surface area contributed by atoms with Crippen LogP contribution in [0.5, 0.6) is 5.75 Å². The minimum atomic E-state index is -0.630. The number of nitrogens with zero attached hydrogens (tertiary/aromatic N) is 1. The van der Waals surface area contributed by atoms with Gasteiger partial charge in [0.2, 0.25) is 0 Å². The molecule has 1 N–H and O–H groups in total. The van der Waals surface area contributed by atoms with E-state index in [0.717, 1.165) is 19.5 Å². The van der Waals surface area contributed by atoms with Crippen molar-refractivity contribution in [2.45, 2.75) is 6.42 Å². The lowest BCUT2D eigenvalue weighted by atomic mass is 10.3. The number of ether oxygens (including phenoxy) is 1. The Balaban J connectivity index is 1.90. The van der Waals surface area contributed by atoms with Gasteiger partial charge in [-0.25, -0.2) is 4.39 Å². The second-order valence-electron chi connectivity index (χ2n) is 4.32. The fraction of sp³-hybridized carbons (Fsp3) is 0.462. The highest BCUT2D eigenvalue weighted by Crippen LogP contribution is 2.23. The number of halogens is 2. The molecule has 6 heteroatoms. The fourth-order valence-electron chi connectivity index (χ4n) is 1.92. The average molecular weight is 287 g/mol. The molecule has 1 aliphatic rings. The summed E-state index contributed by atoms with van der Waals surface area (Å²) in [6, 6.07) is 4.48. The third kappa shape index (κ3) is 3.81. The predicted molar refractivity (Wildman–Crippen MR) is 71.0 cm³/mol. The molecule has 0 atom stereocenters. The van der Waals surface area contributed by atoms with Crippen molar-refractivity contribution in [2.75, 3.05) is 32.8 Å². The summed E-state index contributed by atoms with van der Waals surface area (Å²) in [5.74, 6) is -0.758. The van der Waals surface area contributed by atoms with Gasteiger partial charge in [0.15, 0.2) is 18.2 Å². The van der Waals surface area contributed by atoms with Crippen LogP contribution in [0, 0.1) is 5.82 Å². The first-order valence-corrected chi connectivity index (χ1v) is 6.61. The molecule has 2 rings (SSSR count). The molecule has 1 fully saturated rings. The summed E-state index contributed by atoms with van der Waals surface area (Å²) in [4.78, 5) is 13.7. The Kier molecular flexibility index (Phi) is 4.99. The van der Waals surface area contributed by atoms with Gasteiger partial charge in [0.25, 0.3) is 5.91 Å². The molecular formula is C13H16ClFN2O2. The monoisotopic (exact) mass is 286 g/mol. The van der Waals surface area contributed by atoms with Crippen molar-refractivity contribution in [2.24, 2.45) is 0 Å². The first-order chi connectivity index (χ1) is 9.18. The van der Waals surface area contributed by atoms with Gasteiger partial charge in [0.05, 0.1) is 5.02 Å². The van der Waals surface area contributed by atoms with Crippen molar-refractivity contribution in [1.29, 1.82) is 0 Å². The molecule has 4 nitrogen and oxygen atoms in total. The van der Waals surface area contributed by atoms with E-state index in [-0.39, 0.29) is 23.3 Å². The molecule has 0 radical (unpaired) electrons. The molecule has 0 aromatic heterocycles. The van der Waals surface area contributed by atoms with Gasteiger partial charge in [-0.2, -0.15) is 0 Å². The molecule has 19 heavy (non-hydrogen) atoms. The van der Waals surface area contributed by atoms with Crippen molar-refractivity contribution in [1.82, 2.24) is 10.2 Å². The van der Waals surface area contributed by atoms with E-state index in [1.54, 1.807) is 11.0 Å². The SMILES string of the molecule is O=C(COc1cccc(Cl)c1F)N1CCCNCC1. The number of benzene rings is 1. The Morgan fingerprint density at radius 3 is 3.11 bits per heavy atom. The van der Waals surface area contributed by atoms with E-state index in [1.165, 1.54) is 12.1 Å². The quantitative estimate of drug-likeness (QED) is 0.919. The summed E-state index contributed by atoms with van der Waals surface area (Å²) >= 11 is 5.64. The van der Waals surface area contributed by atoms with Gasteiger partial charge in [-0.15, -0.1) is 0 Å². The Bertz CT molecular complexity index is 448. The van der Waals surface area contributed by atoms with Crippen molar-refractivity contribution >= 4 is 17.5 Å². The Labute approximate surface area is 116 Å².